The number of benzene rings is 1. The third-order valence-electron chi connectivity index (χ3n) is 2.91. The second-order valence-electron chi connectivity index (χ2n) is 4.72. The summed E-state index contributed by atoms with van der Waals surface area (Å²) in [5.41, 5.74) is 0.922. The van der Waals surface area contributed by atoms with E-state index in [-0.39, 0.29) is 5.75 Å². The molecule has 1 aromatic carbocycles. The maximum absolute atomic E-state index is 12.0. The van der Waals surface area contributed by atoms with Crippen LogP contribution in [0.2, 0.25) is 0 Å². The predicted molar refractivity (Wildman–Crippen MR) is 81.1 cm³/mol. The minimum absolute atomic E-state index is 0.207. The molecule has 0 saturated heterocycles. The number of hydrogen-bond acceptors (Lipinski definition) is 2. The summed E-state index contributed by atoms with van der Waals surface area (Å²) in [6.07, 6.45) is -1.79. The molecule has 1 rings (SSSR count). The maximum Gasteiger partial charge on any atom is 0.573 e. The number of halogens is 3. The van der Waals surface area contributed by atoms with Gasteiger partial charge < -0.3 is 15.4 Å². The second kappa shape index (κ2) is 9.17. The highest BCUT2D eigenvalue weighted by Crippen LogP contribution is 2.22. The van der Waals surface area contributed by atoms with Crippen LogP contribution in [0.3, 0.4) is 0 Å². The number of ether oxygens (including phenoxy) is 1. The number of alkyl halides is 3. The third-order valence-corrected chi connectivity index (χ3v) is 2.91. The summed E-state index contributed by atoms with van der Waals surface area (Å²) in [6.45, 7) is 3.62. The SMILES string of the molecule is CCCCNC(=NC)NCCc1ccc(OC(F)(F)F)cc1. The molecule has 124 valence electrons. The first-order chi connectivity index (χ1) is 10.4. The molecule has 0 aliphatic rings. The average molecular weight is 317 g/mol. The van der Waals surface area contributed by atoms with Gasteiger partial charge in [0.1, 0.15) is 5.75 Å². The van der Waals surface area contributed by atoms with Gasteiger partial charge in [-0.25, -0.2) is 0 Å². The first kappa shape index (κ1) is 18.1. The van der Waals surface area contributed by atoms with Crippen molar-refractivity contribution in [3.05, 3.63) is 29.8 Å². The summed E-state index contributed by atoms with van der Waals surface area (Å²) < 4.78 is 40.0. The van der Waals surface area contributed by atoms with Gasteiger partial charge in [0, 0.05) is 20.1 Å². The van der Waals surface area contributed by atoms with Crippen molar-refractivity contribution in [2.24, 2.45) is 4.99 Å². The molecule has 0 radical (unpaired) electrons. The first-order valence-corrected chi connectivity index (χ1v) is 7.24. The molecule has 0 saturated carbocycles. The van der Waals surface area contributed by atoms with E-state index in [1.54, 1.807) is 19.2 Å². The highest BCUT2D eigenvalue weighted by atomic mass is 19.4. The highest BCUT2D eigenvalue weighted by molar-refractivity contribution is 5.79. The Bertz CT molecular complexity index is 458. The van der Waals surface area contributed by atoms with E-state index in [1.165, 1.54) is 12.1 Å². The van der Waals surface area contributed by atoms with Crippen LogP contribution < -0.4 is 15.4 Å². The average Bonchev–Trinajstić information content (AvgIpc) is 2.46. The number of aliphatic imine (C=N–C) groups is 1. The zero-order valence-corrected chi connectivity index (χ0v) is 12.8. The molecule has 0 aliphatic heterocycles. The Morgan fingerprint density at radius 3 is 2.32 bits per heavy atom. The van der Waals surface area contributed by atoms with Crippen LogP contribution in [0.15, 0.2) is 29.3 Å². The Balaban J connectivity index is 2.35. The van der Waals surface area contributed by atoms with E-state index < -0.39 is 6.36 Å². The lowest BCUT2D eigenvalue weighted by molar-refractivity contribution is -0.274. The van der Waals surface area contributed by atoms with E-state index in [1.807, 2.05) is 0 Å². The molecule has 0 aromatic heterocycles. The van der Waals surface area contributed by atoms with Crippen molar-refractivity contribution in [3.8, 4) is 5.75 Å². The number of rotatable bonds is 7. The Labute approximate surface area is 128 Å². The van der Waals surface area contributed by atoms with Crippen LogP contribution >= 0.6 is 0 Å². The van der Waals surface area contributed by atoms with Gasteiger partial charge in [-0.05, 0) is 30.5 Å². The van der Waals surface area contributed by atoms with Crippen LogP contribution in [-0.2, 0) is 6.42 Å². The lowest BCUT2D eigenvalue weighted by Crippen LogP contribution is -2.38. The van der Waals surface area contributed by atoms with Crippen molar-refractivity contribution in [1.29, 1.82) is 0 Å². The van der Waals surface area contributed by atoms with Crippen molar-refractivity contribution in [3.63, 3.8) is 0 Å². The van der Waals surface area contributed by atoms with Crippen LogP contribution in [0.25, 0.3) is 0 Å². The van der Waals surface area contributed by atoms with Crippen molar-refractivity contribution in [2.75, 3.05) is 20.1 Å². The number of nitrogens with one attached hydrogen (secondary N) is 2. The number of nitrogens with zero attached hydrogens (tertiary/aromatic N) is 1. The Kier molecular flexibility index (Phi) is 7.56. The van der Waals surface area contributed by atoms with E-state index in [0.29, 0.717) is 13.0 Å². The summed E-state index contributed by atoms with van der Waals surface area (Å²) in [7, 11) is 1.70. The molecule has 0 bridgehead atoms. The second-order valence-corrected chi connectivity index (χ2v) is 4.72. The summed E-state index contributed by atoms with van der Waals surface area (Å²) >= 11 is 0. The number of hydrogen-bond donors (Lipinski definition) is 2. The Morgan fingerprint density at radius 2 is 1.77 bits per heavy atom. The molecular formula is C15H22F3N3O. The van der Waals surface area contributed by atoms with Crippen LogP contribution in [0, 0.1) is 0 Å². The van der Waals surface area contributed by atoms with Crippen molar-refractivity contribution < 1.29 is 17.9 Å². The standard InChI is InChI=1S/C15H22F3N3O/c1-3-4-10-20-14(19-2)21-11-9-12-5-7-13(8-6-12)22-15(16,17)18/h5-8H,3-4,9-11H2,1-2H3,(H2,19,20,21). The van der Waals surface area contributed by atoms with Gasteiger partial charge in [0.05, 0.1) is 0 Å². The van der Waals surface area contributed by atoms with Gasteiger partial charge in [-0.15, -0.1) is 13.2 Å². The van der Waals surface area contributed by atoms with Crippen LogP contribution in [0.1, 0.15) is 25.3 Å². The van der Waals surface area contributed by atoms with Crippen molar-refractivity contribution >= 4 is 5.96 Å². The molecule has 4 nitrogen and oxygen atoms in total. The lowest BCUT2D eigenvalue weighted by atomic mass is 10.1. The van der Waals surface area contributed by atoms with Gasteiger partial charge in [0.25, 0.3) is 0 Å². The Hall–Kier alpha value is -1.92. The van der Waals surface area contributed by atoms with E-state index in [2.05, 4.69) is 27.3 Å². The molecule has 2 N–H and O–H groups in total. The molecule has 22 heavy (non-hydrogen) atoms. The van der Waals surface area contributed by atoms with Gasteiger partial charge in [-0.1, -0.05) is 25.5 Å². The van der Waals surface area contributed by atoms with Crippen LogP contribution in [-0.4, -0.2) is 32.5 Å². The summed E-state index contributed by atoms with van der Waals surface area (Å²) in [4.78, 5) is 4.09. The minimum atomic E-state index is -4.65. The molecule has 1 aromatic rings. The van der Waals surface area contributed by atoms with E-state index in [4.69, 9.17) is 0 Å². The first-order valence-electron chi connectivity index (χ1n) is 7.24. The lowest BCUT2D eigenvalue weighted by Gasteiger charge is -2.12. The molecule has 0 spiro atoms. The molecule has 0 fully saturated rings. The molecule has 0 aliphatic carbocycles. The normalized spacial score (nSPS) is 12.1. The van der Waals surface area contributed by atoms with Crippen molar-refractivity contribution in [1.82, 2.24) is 10.6 Å². The molecule has 0 unspecified atom stereocenters. The molecule has 0 heterocycles. The van der Waals surface area contributed by atoms with Gasteiger partial charge in [-0.2, -0.15) is 0 Å². The minimum Gasteiger partial charge on any atom is -0.406 e. The van der Waals surface area contributed by atoms with E-state index in [9.17, 15) is 13.2 Å². The zero-order chi connectivity index (χ0) is 16.4. The highest BCUT2D eigenvalue weighted by Gasteiger charge is 2.30. The van der Waals surface area contributed by atoms with E-state index >= 15 is 0 Å². The molecule has 7 heteroatoms. The smallest absolute Gasteiger partial charge is 0.406 e. The van der Waals surface area contributed by atoms with Crippen LogP contribution in [0.4, 0.5) is 13.2 Å². The summed E-state index contributed by atoms with van der Waals surface area (Å²) in [5.74, 6) is 0.520. The monoisotopic (exact) mass is 317 g/mol. The fourth-order valence-electron chi connectivity index (χ4n) is 1.79. The summed E-state index contributed by atoms with van der Waals surface area (Å²) in [5, 5.41) is 6.34. The van der Waals surface area contributed by atoms with Crippen LogP contribution in [0.5, 0.6) is 5.75 Å². The predicted octanol–water partition coefficient (Wildman–Crippen LogP) is 3.09. The third kappa shape index (κ3) is 7.75. The van der Waals surface area contributed by atoms with Gasteiger partial charge in [0.15, 0.2) is 5.96 Å². The van der Waals surface area contributed by atoms with Gasteiger partial charge in [0.2, 0.25) is 0 Å². The number of unbranched alkanes of at least 4 members (excludes halogenated alkanes) is 1. The zero-order valence-electron chi connectivity index (χ0n) is 12.8. The number of guanidine groups is 1. The molecule has 0 amide bonds. The fraction of sp³-hybridized carbons (Fsp3) is 0.533. The molecular weight excluding hydrogens is 295 g/mol. The van der Waals surface area contributed by atoms with Gasteiger partial charge >= 0.3 is 6.36 Å². The fourth-order valence-corrected chi connectivity index (χ4v) is 1.79. The van der Waals surface area contributed by atoms with Crippen molar-refractivity contribution in [2.45, 2.75) is 32.5 Å². The van der Waals surface area contributed by atoms with Gasteiger partial charge in [-0.3, -0.25) is 4.99 Å². The Morgan fingerprint density at radius 1 is 1.14 bits per heavy atom. The topological polar surface area (TPSA) is 45.7 Å². The van der Waals surface area contributed by atoms with E-state index in [0.717, 1.165) is 30.9 Å². The quantitative estimate of drug-likeness (QED) is 0.461. The maximum atomic E-state index is 12.0. The summed E-state index contributed by atoms with van der Waals surface area (Å²) in [6, 6.07) is 5.88. The largest absolute Gasteiger partial charge is 0.573 e. The molecule has 0 atom stereocenters.